The number of nitrogens with one attached hydrogen (secondary N) is 2. The predicted octanol–water partition coefficient (Wildman–Crippen LogP) is 0.502. The van der Waals surface area contributed by atoms with Crippen molar-refractivity contribution in [1.82, 2.24) is 15.5 Å². The maximum atomic E-state index is 13.2. The van der Waals surface area contributed by atoms with Crippen LogP contribution in [-0.4, -0.2) is 85.2 Å². The number of carbonyl (C=O) groups excluding carboxylic acids is 5. The van der Waals surface area contributed by atoms with Crippen LogP contribution in [0.2, 0.25) is 0 Å². The zero-order valence-electron chi connectivity index (χ0n) is 22.2. The summed E-state index contributed by atoms with van der Waals surface area (Å²) in [5.74, 6) is -5.01. The number of aliphatic hydroxyl groups is 1. The van der Waals surface area contributed by atoms with Crippen molar-refractivity contribution in [3.8, 4) is 0 Å². The molecule has 1 aromatic rings. The van der Waals surface area contributed by atoms with Gasteiger partial charge in [0.1, 0.15) is 12.5 Å². The Bertz CT molecular complexity index is 1040. The smallest absolute Gasteiger partial charge is 0.331 e. The molecule has 2 heterocycles. The molecule has 11 nitrogen and oxygen atoms in total. The van der Waals surface area contributed by atoms with Crippen LogP contribution in [0.25, 0.3) is 0 Å². The first-order valence-corrected chi connectivity index (χ1v) is 13.2. The van der Waals surface area contributed by atoms with Crippen LogP contribution < -0.4 is 10.6 Å². The largest absolute Gasteiger partial charge is 0.467 e. The first-order valence-electron chi connectivity index (χ1n) is 13.2. The Morgan fingerprint density at radius 3 is 2.49 bits per heavy atom. The molecule has 1 fully saturated rings. The molecule has 11 heteroatoms. The van der Waals surface area contributed by atoms with E-state index < -0.39 is 54.3 Å². The van der Waals surface area contributed by atoms with Crippen molar-refractivity contribution in [2.45, 2.75) is 50.6 Å². The third-order valence-electron chi connectivity index (χ3n) is 6.89. The summed E-state index contributed by atoms with van der Waals surface area (Å²) in [4.78, 5) is 65.8. The average Bonchev–Trinajstić information content (AvgIpc) is 3.48. The van der Waals surface area contributed by atoms with E-state index in [9.17, 15) is 29.1 Å². The Labute approximate surface area is 227 Å². The van der Waals surface area contributed by atoms with Gasteiger partial charge >= 0.3 is 11.9 Å². The molecule has 3 unspecified atom stereocenters. The number of cyclic esters (lactones) is 1. The normalized spacial score (nSPS) is 23.0. The van der Waals surface area contributed by atoms with Gasteiger partial charge < -0.3 is 30.1 Å². The summed E-state index contributed by atoms with van der Waals surface area (Å²) >= 11 is 0. The van der Waals surface area contributed by atoms with Crippen molar-refractivity contribution in [1.29, 1.82) is 0 Å². The van der Waals surface area contributed by atoms with Crippen LogP contribution in [0.5, 0.6) is 0 Å². The monoisotopic (exact) mass is 543 g/mol. The van der Waals surface area contributed by atoms with E-state index in [1.54, 1.807) is 17.1 Å². The number of methoxy groups -OCH3 is 1. The Balaban J connectivity index is 1.75. The Kier molecular flexibility index (Phi) is 11.5. The number of benzene rings is 1. The third kappa shape index (κ3) is 8.91. The Morgan fingerprint density at radius 2 is 1.82 bits per heavy atom. The summed E-state index contributed by atoms with van der Waals surface area (Å²) in [6.45, 7) is 0.473. The maximum absolute atomic E-state index is 13.2. The van der Waals surface area contributed by atoms with Crippen LogP contribution in [0.15, 0.2) is 42.5 Å². The maximum Gasteiger partial charge on any atom is 0.331 e. The number of likely N-dealkylation sites (tertiary alicyclic amines) is 1. The zero-order chi connectivity index (χ0) is 28.2. The zero-order valence-corrected chi connectivity index (χ0v) is 22.2. The van der Waals surface area contributed by atoms with Gasteiger partial charge in [-0.25, -0.2) is 4.79 Å². The molecule has 212 valence electrons. The molecule has 1 aromatic carbocycles. The van der Waals surface area contributed by atoms with Crippen molar-refractivity contribution in [2.24, 2.45) is 11.8 Å². The second-order valence-electron chi connectivity index (χ2n) is 9.78. The fourth-order valence-electron chi connectivity index (χ4n) is 4.62. The van der Waals surface area contributed by atoms with Gasteiger partial charge in [0.25, 0.3) is 0 Å². The lowest BCUT2D eigenvalue weighted by atomic mass is 9.97. The number of nitrogens with zero attached hydrogens (tertiary/aromatic N) is 1. The summed E-state index contributed by atoms with van der Waals surface area (Å²) in [6, 6.07) is 7.33. The molecular weight excluding hydrogens is 506 g/mol. The second-order valence-corrected chi connectivity index (χ2v) is 9.78. The van der Waals surface area contributed by atoms with Crippen LogP contribution in [-0.2, 0) is 39.9 Å². The fraction of sp³-hybridized carbons (Fsp3) is 0.536. The minimum Gasteiger partial charge on any atom is -0.467 e. The molecule has 0 spiro atoms. The number of carbonyl (C=O) groups is 5. The predicted molar refractivity (Wildman–Crippen MR) is 140 cm³/mol. The highest BCUT2D eigenvalue weighted by atomic mass is 16.5. The highest BCUT2D eigenvalue weighted by Gasteiger charge is 2.34. The first-order chi connectivity index (χ1) is 18.8. The number of ether oxygens (including phenoxy) is 2. The van der Waals surface area contributed by atoms with E-state index in [4.69, 9.17) is 9.47 Å². The van der Waals surface area contributed by atoms with E-state index in [0.717, 1.165) is 25.5 Å². The van der Waals surface area contributed by atoms with E-state index in [1.807, 2.05) is 30.3 Å². The van der Waals surface area contributed by atoms with E-state index >= 15 is 0 Å². The standard InChI is InChI=1S/C28H37N3O8/c1-38-28(37)23-18-39-27(36)20(16-24(33)31-13-7-8-14-31)11-5-6-12-22(26(35)30-23)25(34)29-21(17-32)15-19-9-3-2-4-10-19/h2-6,9-10,20-23,32H,7-8,11-18H2,1H3,(H,29,34)(H,30,35)/t20?,21-,22?,23?/m1/s1. The third-order valence-corrected chi connectivity index (χ3v) is 6.89. The average molecular weight is 544 g/mol. The van der Waals surface area contributed by atoms with Crippen LogP contribution >= 0.6 is 0 Å². The summed E-state index contributed by atoms with van der Waals surface area (Å²) < 4.78 is 10.1. The Morgan fingerprint density at radius 1 is 1.13 bits per heavy atom. The van der Waals surface area contributed by atoms with Gasteiger partial charge in [-0.15, -0.1) is 0 Å². The summed E-state index contributed by atoms with van der Waals surface area (Å²) in [7, 11) is 1.13. The number of rotatable bonds is 8. The molecule has 0 radical (unpaired) electrons. The molecule has 2 aliphatic rings. The van der Waals surface area contributed by atoms with Gasteiger partial charge in [-0.1, -0.05) is 42.5 Å². The lowest BCUT2D eigenvalue weighted by Gasteiger charge is -2.24. The van der Waals surface area contributed by atoms with Crippen molar-refractivity contribution in [2.75, 3.05) is 33.4 Å². The molecule has 3 N–H and O–H groups in total. The number of aliphatic hydroxyl groups excluding tert-OH is 1. The van der Waals surface area contributed by atoms with Crippen LogP contribution in [0.4, 0.5) is 0 Å². The first kappa shape index (κ1) is 29.8. The molecular formula is C28H37N3O8. The van der Waals surface area contributed by atoms with Crippen molar-refractivity contribution < 1.29 is 38.6 Å². The van der Waals surface area contributed by atoms with Gasteiger partial charge in [-0.2, -0.15) is 0 Å². The molecule has 0 aliphatic carbocycles. The second kappa shape index (κ2) is 15.0. The van der Waals surface area contributed by atoms with Crippen molar-refractivity contribution in [3.63, 3.8) is 0 Å². The number of hydrogen-bond donors (Lipinski definition) is 3. The quantitative estimate of drug-likeness (QED) is 0.244. The molecule has 3 rings (SSSR count). The van der Waals surface area contributed by atoms with Crippen LogP contribution in [0.1, 0.15) is 37.7 Å². The number of esters is 2. The van der Waals surface area contributed by atoms with Gasteiger partial charge in [0.2, 0.25) is 17.7 Å². The SMILES string of the molecule is COC(=O)C1COC(=O)C(CC(=O)N2CCCC2)CC=CCC(C(=O)N[C@@H](CO)Cc2ccccc2)C(=O)N1. The lowest BCUT2D eigenvalue weighted by molar-refractivity contribution is -0.157. The summed E-state index contributed by atoms with van der Waals surface area (Å²) in [5.41, 5.74) is 0.905. The van der Waals surface area contributed by atoms with Crippen LogP contribution in [0.3, 0.4) is 0 Å². The van der Waals surface area contributed by atoms with Gasteiger partial charge in [0.05, 0.1) is 25.7 Å². The topological polar surface area (TPSA) is 151 Å². The molecule has 0 aromatic heterocycles. The minimum absolute atomic E-state index is 0.0170. The van der Waals surface area contributed by atoms with E-state index in [1.165, 1.54) is 0 Å². The van der Waals surface area contributed by atoms with Crippen molar-refractivity contribution in [3.05, 3.63) is 48.0 Å². The summed E-state index contributed by atoms with van der Waals surface area (Å²) in [5, 5.41) is 15.0. The highest BCUT2D eigenvalue weighted by molar-refractivity contribution is 6.01. The van der Waals surface area contributed by atoms with Gasteiger partial charge in [-0.05, 0) is 37.7 Å². The molecule has 3 amide bonds. The summed E-state index contributed by atoms with van der Waals surface area (Å²) in [6.07, 6.45) is 5.58. The van der Waals surface area contributed by atoms with E-state index in [2.05, 4.69) is 10.6 Å². The fourth-order valence-corrected chi connectivity index (χ4v) is 4.62. The molecule has 1 saturated heterocycles. The molecule has 2 aliphatic heterocycles. The van der Waals surface area contributed by atoms with Crippen LogP contribution in [0, 0.1) is 11.8 Å². The number of hydrogen-bond acceptors (Lipinski definition) is 8. The lowest BCUT2D eigenvalue weighted by Crippen LogP contribution is -2.52. The Hall–Kier alpha value is -3.73. The van der Waals surface area contributed by atoms with E-state index in [0.29, 0.717) is 19.5 Å². The van der Waals surface area contributed by atoms with E-state index in [-0.39, 0.29) is 31.8 Å². The highest BCUT2D eigenvalue weighted by Crippen LogP contribution is 2.19. The molecule has 39 heavy (non-hydrogen) atoms. The molecule has 0 saturated carbocycles. The van der Waals surface area contributed by atoms with Gasteiger partial charge in [-0.3, -0.25) is 19.2 Å². The van der Waals surface area contributed by atoms with Gasteiger partial charge in [0, 0.05) is 19.5 Å². The number of amides is 3. The van der Waals surface area contributed by atoms with Crippen molar-refractivity contribution >= 4 is 29.7 Å². The molecule has 0 bridgehead atoms. The van der Waals surface area contributed by atoms with Gasteiger partial charge in [0.15, 0.2) is 6.04 Å². The molecule has 4 atom stereocenters. The minimum atomic E-state index is -1.34. The number of allylic oxidation sites excluding steroid dienone is 2.